The van der Waals surface area contributed by atoms with E-state index in [9.17, 15) is 33.1 Å². The van der Waals surface area contributed by atoms with Crippen LogP contribution in [-0.4, -0.2) is 70.8 Å². The molecule has 4 N–H and O–H groups in total. The van der Waals surface area contributed by atoms with E-state index in [-0.39, 0.29) is 37.0 Å². The molecule has 1 aromatic rings. The molecule has 0 aromatic heterocycles. The fourth-order valence-electron chi connectivity index (χ4n) is 7.21. The fourth-order valence-corrected chi connectivity index (χ4v) is 7.21. The summed E-state index contributed by atoms with van der Waals surface area (Å²) >= 11 is 0. The first kappa shape index (κ1) is 31.5. The van der Waals surface area contributed by atoms with Gasteiger partial charge in [0.15, 0.2) is 11.7 Å². The molecule has 1 aliphatic carbocycles. The number of rotatable bonds is 5. The Morgan fingerprint density at radius 1 is 1.28 bits per heavy atom. The molecular formula is C30H40F3N5O5. The van der Waals surface area contributed by atoms with Crippen LogP contribution in [0.4, 0.5) is 18.9 Å². The van der Waals surface area contributed by atoms with Crippen molar-refractivity contribution in [2.24, 2.45) is 11.3 Å². The Morgan fingerprint density at radius 3 is 2.60 bits per heavy atom. The summed E-state index contributed by atoms with van der Waals surface area (Å²) < 4.78 is 53.6. The van der Waals surface area contributed by atoms with Crippen LogP contribution in [-0.2, 0) is 31.1 Å². The number of hydrogen-bond acceptors (Lipinski definition) is 9. The van der Waals surface area contributed by atoms with Crippen LogP contribution in [0.3, 0.4) is 0 Å². The molecule has 3 fully saturated rings. The van der Waals surface area contributed by atoms with Crippen LogP contribution < -0.4 is 16.1 Å². The van der Waals surface area contributed by atoms with Gasteiger partial charge in [-0.1, -0.05) is 19.9 Å². The number of nitrogens with zero attached hydrogens (tertiary/aromatic N) is 2. The number of amides is 1. The average Bonchev–Trinajstić information content (AvgIpc) is 3.36. The fraction of sp³-hybridized carbons (Fsp3) is 0.700. The van der Waals surface area contributed by atoms with Crippen molar-refractivity contribution < 1.29 is 37.3 Å². The summed E-state index contributed by atoms with van der Waals surface area (Å²) in [4.78, 5) is 25.8. The lowest BCUT2D eigenvalue weighted by atomic mass is 9.75. The number of nitrogens with one attached hydrogen (secondary N) is 3. The number of fused-ring (bicyclic) bond motifs is 2. The zero-order valence-electron chi connectivity index (χ0n) is 25.1. The SMILES string of the molecule is CC(C)(C)OC(=O)[C@@H]1CC[C@@](CC#N)(N2NC(Nc3ccc4c(c3)CC(C)(C)C4(O)C(F)(F)F)C3C(=O)NCCC32)CO1. The molecular weight excluding hydrogens is 567 g/mol. The van der Waals surface area contributed by atoms with E-state index in [2.05, 4.69) is 22.1 Å². The van der Waals surface area contributed by atoms with Crippen LogP contribution in [0.2, 0.25) is 0 Å². The number of piperidine rings is 1. The Bertz CT molecular complexity index is 1310. The van der Waals surface area contributed by atoms with E-state index in [0.29, 0.717) is 37.1 Å². The molecule has 3 aliphatic heterocycles. The van der Waals surface area contributed by atoms with Gasteiger partial charge < -0.3 is 25.2 Å². The normalized spacial score (nSPS) is 34.1. The van der Waals surface area contributed by atoms with Gasteiger partial charge in [0.2, 0.25) is 5.91 Å². The highest BCUT2D eigenvalue weighted by molar-refractivity contribution is 5.82. The monoisotopic (exact) mass is 607 g/mol. The summed E-state index contributed by atoms with van der Waals surface area (Å²) in [6, 6.07) is 6.33. The molecule has 3 saturated heterocycles. The number of halogens is 3. The molecule has 1 amide bonds. The molecule has 1 aromatic carbocycles. The summed E-state index contributed by atoms with van der Waals surface area (Å²) in [6.45, 7) is 8.65. The van der Waals surface area contributed by atoms with Gasteiger partial charge in [0, 0.05) is 23.7 Å². The predicted molar refractivity (Wildman–Crippen MR) is 149 cm³/mol. The molecule has 6 atom stereocenters. The molecule has 0 spiro atoms. The van der Waals surface area contributed by atoms with Crippen molar-refractivity contribution in [3.05, 3.63) is 29.3 Å². The first-order valence-corrected chi connectivity index (χ1v) is 14.7. The van der Waals surface area contributed by atoms with E-state index in [1.807, 2.05) is 5.01 Å². The lowest BCUT2D eigenvalue weighted by Crippen LogP contribution is -2.63. The minimum absolute atomic E-state index is 0.0199. The third-order valence-corrected chi connectivity index (χ3v) is 9.28. The van der Waals surface area contributed by atoms with Crippen LogP contribution in [0.1, 0.15) is 71.4 Å². The Balaban J connectivity index is 1.39. The number of hydrazine groups is 1. The van der Waals surface area contributed by atoms with E-state index >= 15 is 0 Å². The number of alkyl halides is 3. The predicted octanol–water partition coefficient (Wildman–Crippen LogP) is 3.25. The molecule has 13 heteroatoms. The lowest BCUT2D eigenvalue weighted by Gasteiger charge is -2.47. The smallest absolute Gasteiger partial charge is 0.421 e. The third-order valence-electron chi connectivity index (χ3n) is 9.28. The van der Waals surface area contributed by atoms with Crippen molar-refractivity contribution in [2.45, 2.75) is 108 Å². The van der Waals surface area contributed by atoms with Crippen molar-refractivity contribution in [3.8, 4) is 6.07 Å². The van der Waals surface area contributed by atoms with E-state index in [0.717, 1.165) is 0 Å². The number of aliphatic hydroxyl groups is 1. The summed E-state index contributed by atoms with van der Waals surface area (Å²) in [7, 11) is 0. The number of nitriles is 1. The van der Waals surface area contributed by atoms with Gasteiger partial charge in [-0.3, -0.25) is 4.79 Å². The molecule has 0 saturated carbocycles. The van der Waals surface area contributed by atoms with E-state index in [1.54, 1.807) is 26.8 Å². The maximum atomic E-state index is 14.1. The Morgan fingerprint density at radius 2 is 2.00 bits per heavy atom. The Hall–Kier alpha value is -2.92. The number of anilines is 1. The maximum Gasteiger partial charge on any atom is 0.421 e. The Labute approximate surface area is 249 Å². The molecule has 4 unspecified atom stereocenters. The molecule has 0 bridgehead atoms. The summed E-state index contributed by atoms with van der Waals surface area (Å²) in [6.07, 6.45) is -4.77. The van der Waals surface area contributed by atoms with Gasteiger partial charge in [0.05, 0.1) is 30.6 Å². The van der Waals surface area contributed by atoms with Gasteiger partial charge >= 0.3 is 12.1 Å². The van der Waals surface area contributed by atoms with Crippen molar-refractivity contribution in [3.63, 3.8) is 0 Å². The zero-order valence-corrected chi connectivity index (χ0v) is 25.1. The van der Waals surface area contributed by atoms with Crippen molar-refractivity contribution >= 4 is 17.6 Å². The molecule has 236 valence electrons. The highest BCUT2D eigenvalue weighted by Crippen LogP contribution is 2.58. The second kappa shape index (κ2) is 10.6. The van der Waals surface area contributed by atoms with E-state index in [1.165, 1.54) is 26.0 Å². The first-order valence-electron chi connectivity index (χ1n) is 14.7. The van der Waals surface area contributed by atoms with Crippen molar-refractivity contribution in [1.82, 2.24) is 15.8 Å². The highest BCUT2D eigenvalue weighted by Gasteiger charge is 2.67. The summed E-state index contributed by atoms with van der Waals surface area (Å²) in [5, 5.41) is 28.8. The quantitative estimate of drug-likeness (QED) is 0.372. The second-order valence-electron chi connectivity index (χ2n) is 13.9. The number of benzene rings is 1. The number of ether oxygens (including phenoxy) is 2. The highest BCUT2D eigenvalue weighted by atomic mass is 19.4. The number of esters is 1. The van der Waals surface area contributed by atoms with Crippen LogP contribution in [0.5, 0.6) is 0 Å². The molecule has 10 nitrogen and oxygen atoms in total. The van der Waals surface area contributed by atoms with Gasteiger partial charge in [0.25, 0.3) is 0 Å². The summed E-state index contributed by atoms with van der Waals surface area (Å²) in [5.41, 5.74) is -1.83. The van der Waals surface area contributed by atoms with Gasteiger partial charge in [-0.15, -0.1) is 0 Å². The van der Waals surface area contributed by atoms with Gasteiger partial charge in [-0.25, -0.2) is 15.2 Å². The van der Waals surface area contributed by atoms with Crippen LogP contribution in [0, 0.1) is 22.7 Å². The van der Waals surface area contributed by atoms with Gasteiger partial charge in [-0.2, -0.15) is 18.4 Å². The van der Waals surface area contributed by atoms with E-state index in [4.69, 9.17) is 9.47 Å². The minimum atomic E-state index is -4.85. The molecule has 3 heterocycles. The van der Waals surface area contributed by atoms with Crippen molar-refractivity contribution in [1.29, 1.82) is 5.26 Å². The van der Waals surface area contributed by atoms with Crippen molar-refractivity contribution in [2.75, 3.05) is 18.5 Å². The van der Waals surface area contributed by atoms with Gasteiger partial charge in [-0.05, 0) is 69.7 Å². The topological polar surface area (TPSA) is 136 Å². The van der Waals surface area contributed by atoms with Crippen LogP contribution in [0.15, 0.2) is 18.2 Å². The molecule has 0 radical (unpaired) electrons. The molecule has 4 aliphatic rings. The largest absolute Gasteiger partial charge is 0.458 e. The lowest BCUT2D eigenvalue weighted by molar-refractivity contribution is -0.299. The maximum absolute atomic E-state index is 14.1. The second-order valence-corrected chi connectivity index (χ2v) is 13.9. The third kappa shape index (κ3) is 5.36. The van der Waals surface area contributed by atoms with Gasteiger partial charge in [0.1, 0.15) is 11.8 Å². The molecule has 5 rings (SSSR count). The minimum Gasteiger partial charge on any atom is -0.458 e. The number of carbonyl (C=O) groups excluding carboxylic acids is 2. The first-order chi connectivity index (χ1) is 19.9. The van der Waals surface area contributed by atoms with E-state index < -0.39 is 52.5 Å². The number of hydrogen-bond donors (Lipinski definition) is 4. The number of carbonyl (C=O) groups is 2. The van der Waals surface area contributed by atoms with Crippen LogP contribution >= 0.6 is 0 Å². The summed E-state index contributed by atoms with van der Waals surface area (Å²) in [5.74, 6) is -1.23. The zero-order chi connectivity index (χ0) is 31.6. The average molecular weight is 608 g/mol. The molecule has 43 heavy (non-hydrogen) atoms. The standard InChI is InChI=1S/C30H40F3N5O5/c1-26(2,3)43-25(40)21-8-10-28(11-12-34,16-42-21)38-20-9-13-35-24(39)22(20)23(37-38)36-18-6-7-19-17(14-18)15-27(4,5)29(19,41)30(31,32)33/h6-7,14,20-23,36-37,41H,8-11,13,15-16H2,1-5H3,(H,35,39)/t20?,21-,22?,23?,28-,29?/m0/s1. The van der Waals surface area contributed by atoms with Crippen LogP contribution in [0.25, 0.3) is 0 Å². The Kier molecular flexibility index (Phi) is 7.77.